The second-order valence-electron chi connectivity index (χ2n) is 3.75. The molecule has 0 heterocycles. The van der Waals surface area contributed by atoms with Gasteiger partial charge in [-0.2, -0.15) is 0 Å². The molecule has 1 rings (SSSR count). The van der Waals surface area contributed by atoms with E-state index in [-0.39, 0.29) is 0 Å². The summed E-state index contributed by atoms with van der Waals surface area (Å²) in [5.41, 5.74) is 6.89. The fourth-order valence-corrected chi connectivity index (χ4v) is 1.69. The van der Waals surface area contributed by atoms with Crippen LogP contribution in [0.4, 0.5) is 0 Å². The molecule has 15 heavy (non-hydrogen) atoms. The van der Waals surface area contributed by atoms with Crippen molar-refractivity contribution in [1.82, 2.24) is 0 Å². The van der Waals surface area contributed by atoms with Crippen molar-refractivity contribution < 1.29 is 4.74 Å². The Balaban J connectivity index is 2.95. The van der Waals surface area contributed by atoms with E-state index in [9.17, 15) is 0 Å². The zero-order valence-corrected chi connectivity index (χ0v) is 9.44. The van der Waals surface area contributed by atoms with Gasteiger partial charge in [0.25, 0.3) is 0 Å². The van der Waals surface area contributed by atoms with Crippen LogP contribution in [0.3, 0.4) is 0 Å². The van der Waals surface area contributed by atoms with Crippen LogP contribution in [-0.2, 0) is 0 Å². The third-order valence-corrected chi connectivity index (χ3v) is 2.72. The fourth-order valence-electron chi connectivity index (χ4n) is 1.69. The van der Waals surface area contributed by atoms with Crippen LogP contribution in [0.25, 0.3) is 0 Å². The second kappa shape index (κ2) is 5.56. The second-order valence-corrected chi connectivity index (χ2v) is 3.75. The summed E-state index contributed by atoms with van der Waals surface area (Å²) in [7, 11) is 1.67. The van der Waals surface area contributed by atoms with Crippen LogP contribution in [0.2, 0.25) is 0 Å². The van der Waals surface area contributed by atoms with Gasteiger partial charge in [0.1, 0.15) is 5.75 Å². The predicted octanol–water partition coefficient (Wildman–Crippen LogP) is 2.56. The van der Waals surface area contributed by atoms with Gasteiger partial charge in [-0.3, -0.25) is 0 Å². The summed E-state index contributed by atoms with van der Waals surface area (Å²) in [6.07, 6.45) is 1.95. The van der Waals surface area contributed by atoms with Crippen molar-refractivity contribution in [2.24, 2.45) is 11.7 Å². The zero-order chi connectivity index (χ0) is 11.3. The van der Waals surface area contributed by atoms with Crippen molar-refractivity contribution in [2.75, 3.05) is 13.7 Å². The Morgan fingerprint density at radius 2 is 2.27 bits per heavy atom. The van der Waals surface area contributed by atoms with Crippen LogP contribution in [0.15, 0.2) is 36.9 Å². The number of allylic oxidation sites excluding steroid dienone is 1. The van der Waals surface area contributed by atoms with Gasteiger partial charge in [0.05, 0.1) is 7.11 Å². The first-order valence-electron chi connectivity index (χ1n) is 5.19. The lowest BCUT2D eigenvalue weighted by Gasteiger charge is -2.19. The molecule has 2 N–H and O–H groups in total. The number of nitrogens with two attached hydrogens (primary N) is 1. The van der Waals surface area contributed by atoms with Gasteiger partial charge in [-0.1, -0.05) is 25.1 Å². The summed E-state index contributed by atoms with van der Waals surface area (Å²) in [6, 6.07) is 8.06. The molecule has 0 spiro atoms. The van der Waals surface area contributed by atoms with E-state index in [1.807, 2.05) is 24.3 Å². The molecule has 0 aromatic heterocycles. The van der Waals surface area contributed by atoms with Crippen molar-refractivity contribution in [3.8, 4) is 5.75 Å². The molecular weight excluding hydrogens is 186 g/mol. The molecule has 1 aromatic carbocycles. The molecular formula is C13H19NO. The lowest BCUT2D eigenvalue weighted by molar-refractivity contribution is 0.413. The van der Waals surface area contributed by atoms with Gasteiger partial charge in [0.2, 0.25) is 0 Å². The minimum atomic E-state index is 0.296. The first kappa shape index (κ1) is 11.8. The SMILES string of the molecule is C=CC(c1cccc(OC)c1)C(C)CN. The van der Waals surface area contributed by atoms with Crippen LogP contribution in [0.1, 0.15) is 18.4 Å². The van der Waals surface area contributed by atoms with Gasteiger partial charge in [-0.15, -0.1) is 6.58 Å². The van der Waals surface area contributed by atoms with Crippen molar-refractivity contribution in [3.05, 3.63) is 42.5 Å². The van der Waals surface area contributed by atoms with Crippen LogP contribution in [0.5, 0.6) is 5.75 Å². The van der Waals surface area contributed by atoms with E-state index >= 15 is 0 Å². The number of hydrogen-bond acceptors (Lipinski definition) is 2. The highest BCUT2D eigenvalue weighted by atomic mass is 16.5. The Morgan fingerprint density at radius 1 is 1.53 bits per heavy atom. The van der Waals surface area contributed by atoms with Gasteiger partial charge in [-0.05, 0) is 30.2 Å². The average Bonchev–Trinajstić information content (AvgIpc) is 2.30. The highest BCUT2D eigenvalue weighted by molar-refractivity contribution is 5.33. The van der Waals surface area contributed by atoms with Crippen molar-refractivity contribution in [1.29, 1.82) is 0 Å². The first-order chi connectivity index (χ1) is 7.22. The van der Waals surface area contributed by atoms with E-state index in [0.29, 0.717) is 18.4 Å². The minimum absolute atomic E-state index is 0.296. The normalized spacial score (nSPS) is 14.3. The Hall–Kier alpha value is -1.28. The van der Waals surface area contributed by atoms with Crippen molar-refractivity contribution >= 4 is 0 Å². The van der Waals surface area contributed by atoms with Crippen molar-refractivity contribution in [2.45, 2.75) is 12.8 Å². The molecule has 0 bridgehead atoms. The Morgan fingerprint density at radius 3 is 2.80 bits per heavy atom. The van der Waals surface area contributed by atoms with E-state index < -0.39 is 0 Å². The smallest absolute Gasteiger partial charge is 0.119 e. The van der Waals surface area contributed by atoms with Gasteiger partial charge in [0.15, 0.2) is 0 Å². The maximum atomic E-state index is 5.68. The zero-order valence-electron chi connectivity index (χ0n) is 9.44. The maximum absolute atomic E-state index is 5.68. The minimum Gasteiger partial charge on any atom is -0.497 e. The van der Waals surface area contributed by atoms with Crippen LogP contribution < -0.4 is 10.5 Å². The molecule has 0 saturated heterocycles. The van der Waals surface area contributed by atoms with Crippen LogP contribution >= 0.6 is 0 Å². The summed E-state index contributed by atoms with van der Waals surface area (Å²) >= 11 is 0. The molecule has 2 unspecified atom stereocenters. The monoisotopic (exact) mass is 205 g/mol. The highest BCUT2D eigenvalue weighted by Crippen LogP contribution is 2.27. The standard InChI is InChI=1S/C13H19NO/c1-4-13(10(2)9-14)11-6-5-7-12(8-11)15-3/h4-8,10,13H,1,9,14H2,2-3H3. The third-order valence-electron chi connectivity index (χ3n) is 2.72. The van der Waals surface area contributed by atoms with E-state index in [0.717, 1.165) is 5.75 Å². The van der Waals surface area contributed by atoms with Gasteiger partial charge in [-0.25, -0.2) is 0 Å². The van der Waals surface area contributed by atoms with E-state index in [1.165, 1.54) is 5.56 Å². The Bertz CT molecular complexity index is 322. The number of hydrogen-bond donors (Lipinski definition) is 1. The van der Waals surface area contributed by atoms with E-state index in [1.54, 1.807) is 7.11 Å². The molecule has 0 aliphatic heterocycles. The summed E-state index contributed by atoms with van der Waals surface area (Å²) < 4.78 is 5.20. The topological polar surface area (TPSA) is 35.2 Å². The molecule has 0 saturated carbocycles. The molecule has 0 fully saturated rings. The quantitative estimate of drug-likeness (QED) is 0.750. The van der Waals surface area contributed by atoms with E-state index in [2.05, 4.69) is 19.6 Å². The largest absolute Gasteiger partial charge is 0.497 e. The Labute approximate surface area is 91.7 Å². The molecule has 1 aromatic rings. The molecule has 0 amide bonds. The number of ether oxygens (including phenoxy) is 1. The average molecular weight is 205 g/mol. The number of benzene rings is 1. The molecule has 2 nitrogen and oxygen atoms in total. The summed E-state index contributed by atoms with van der Waals surface area (Å²) in [5, 5.41) is 0. The Kier molecular flexibility index (Phi) is 4.37. The summed E-state index contributed by atoms with van der Waals surface area (Å²) in [5.74, 6) is 1.57. The lowest BCUT2D eigenvalue weighted by atomic mass is 9.87. The third kappa shape index (κ3) is 2.83. The van der Waals surface area contributed by atoms with Gasteiger partial charge >= 0.3 is 0 Å². The van der Waals surface area contributed by atoms with Crippen LogP contribution in [-0.4, -0.2) is 13.7 Å². The van der Waals surface area contributed by atoms with Gasteiger partial charge in [0, 0.05) is 5.92 Å². The lowest BCUT2D eigenvalue weighted by Crippen LogP contribution is -2.17. The molecule has 0 aliphatic rings. The van der Waals surface area contributed by atoms with E-state index in [4.69, 9.17) is 10.5 Å². The maximum Gasteiger partial charge on any atom is 0.119 e. The first-order valence-corrected chi connectivity index (χ1v) is 5.19. The number of methoxy groups -OCH3 is 1. The highest BCUT2D eigenvalue weighted by Gasteiger charge is 2.14. The molecule has 0 aliphatic carbocycles. The molecule has 2 atom stereocenters. The predicted molar refractivity (Wildman–Crippen MR) is 64.2 cm³/mol. The fraction of sp³-hybridized carbons (Fsp3) is 0.385. The van der Waals surface area contributed by atoms with Crippen LogP contribution in [0, 0.1) is 5.92 Å². The van der Waals surface area contributed by atoms with Gasteiger partial charge < -0.3 is 10.5 Å². The molecule has 0 radical (unpaired) electrons. The summed E-state index contributed by atoms with van der Waals surface area (Å²) in [4.78, 5) is 0. The van der Waals surface area contributed by atoms with Crippen molar-refractivity contribution in [3.63, 3.8) is 0 Å². The molecule has 2 heteroatoms. The summed E-state index contributed by atoms with van der Waals surface area (Å²) in [6.45, 7) is 6.66. The number of rotatable bonds is 5. The molecule has 82 valence electrons.